The van der Waals surface area contributed by atoms with Crippen LogP contribution in [0.25, 0.3) is 0 Å². The van der Waals surface area contributed by atoms with Gasteiger partial charge in [-0.05, 0) is 0 Å². The molecule has 0 saturated carbocycles. The fraction of sp³-hybridized carbons (Fsp3) is 0.222. The van der Waals surface area contributed by atoms with Crippen molar-refractivity contribution in [3.63, 3.8) is 0 Å². The average molecular weight is 220 g/mol. The number of aromatic amines is 1. The molecule has 7 heteroatoms. The number of ether oxygens (including phenoxy) is 1. The van der Waals surface area contributed by atoms with Gasteiger partial charge in [0, 0.05) is 18.5 Å². The smallest absolute Gasteiger partial charge is 0.225 e. The Kier molecular flexibility index (Phi) is 2.86. The standard InChI is InChI=1S/C9H12N6O/c1-16-8-4-6(14-9(10)15-8)13-5-7-11-2-3-12-7/h2-4H,5H2,1H3,(H,11,12)(H3,10,13,14,15). The number of nitrogens with zero attached hydrogens (tertiary/aromatic N) is 3. The van der Waals surface area contributed by atoms with Crippen LogP contribution in [-0.2, 0) is 6.54 Å². The van der Waals surface area contributed by atoms with E-state index in [2.05, 4.69) is 25.3 Å². The largest absolute Gasteiger partial charge is 0.481 e. The lowest BCUT2D eigenvalue weighted by atomic mass is 10.5. The molecule has 0 amide bonds. The summed E-state index contributed by atoms with van der Waals surface area (Å²) in [6.07, 6.45) is 3.44. The zero-order valence-electron chi connectivity index (χ0n) is 8.77. The highest BCUT2D eigenvalue weighted by Crippen LogP contribution is 2.14. The first-order valence-corrected chi connectivity index (χ1v) is 4.68. The summed E-state index contributed by atoms with van der Waals surface area (Å²) in [6.45, 7) is 0.534. The Morgan fingerprint density at radius 3 is 3.06 bits per heavy atom. The second-order valence-electron chi connectivity index (χ2n) is 3.04. The van der Waals surface area contributed by atoms with Crippen LogP contribution in [0.4, 0.5) is 11.8 Å². The molecule has 0 aliphatic heterocycles. The molecule has 2 aromatic heterocycles. The van der Waals surface area contributed by atoms with Crippen LogP contribution in [0.3, 0.4) is 0 Å². The minimum atomic E-state index is 0.168. The van der Waals surface area contributed by atoms with Crippen LogP contribution in [0.1, 0.15) is 5.82 Å². The lowest BCUT2D eigenvalue weighted by Gasteiger charge is -2.06. The maximum absolute atomic E-state index is 5.52. The number of nitrogen functional groups attached to an aromatic ring is 1. The summed E-state index contributed by atoms with van der Waals surface area (Å²) in [5, 5.41) is 3.06. The third-order valence-electron chi connectivity index (χ3n) is 1.92. The van der Waals surface area contributed by atoms with E-state index in [0.29, 0.717) is 18.2 Å². The number of nitrogens with two attached hydrogens (primary N) is 1. The maximum Gasteiger partial charge on any atom is 0.225 e. The predicted octanol–water partition coefficient (Wildman–Crippen LogP) is 0.403. The molecule has 84 valence electrons. The van der Waals surface area contributed by atoms with E-state index < -0.39 is 0 Å². The van der Waals surface area contributed by atoms with Gasteiger partial charge in [0.1, 0.15) is 11.6 Å². The summed E-state index contributed by atoms with van der Waals surface area (Å²) in [4.78, 5) is 14.9. The maximum atomic E-state index is 5.52. The van der Waals surface area contributed by atoms with Gasteiger partial charge in [-0.25, -0.2) is 4.98 Å². The van der Waals surface area contributed by atoms with E-state index in [1.807, 2.05) is 0 Å². The van der Waals surface area contributed by atoms with E-state index in [9.17, 15) is 0 Å². The van der Waals surface area contributed by atoms with Crippen molar-refractivity contribution in [1.29, 1.82) is 0 Å². The fourth-order valence-corrected chi connectivity index (χ4v) is 1.21. The minimum Gasteiger partial charge on any atom is -0.481 e. The van der Waals surface area contributed by atoms with Gasteiger partial charge in [-0.2, -0.15) is 9.97 Å². The third-order valence-corrected chi connectivity index (χ3v) is 1.92. The number of H-pyrrole nitrogens is 1. The summed E-state index contributed by atoms with van der Waals surface area (Å²) >= 11 is 0. The Labute approximate surface area is 92.1 Å². The van der Waals surface area contributed by atoms with Crippen molar-refractivity contribution in [3.8, 4) is 5.88 Å². The quantitative estimate of drug-likeness (QED) is 0.689. The molecule has 2 aromatic rings. The number of hydrogen-bond donors (Lipinski definition) is 3. The van der Waals surface area contributed by atoms with E-state index in [0.717, 1.165) is 5.82 Å². The Bertz CT molecular complexity index is 455. The van der Waals surface area contributed by atoms with Gasteiger partial charge in [-0.1, -0.05) is 0 Å². The molecule has 7 nitrogen and oxygen atoms in total. The molecule has 0 bridgehead atoms. The van der Waals surface area contributed by atoms with Gasteiger partial charge in [0.05, 0.1) is 13.7 Å². The van der Waals surface area contributed by atoms with Gasteiger partial charge in [0.25, 0.3) is 0 Å². The van der Waals surface area contributed by atoms with Crippen molar-refractivity contribution in [2.24, 2.45) is 0 Å². The number of aromatic nitrogens is 4. The van der Waals surface area contributed by atoms with Gasteiger partial charge in [-0.3, -0.25) is 0 Å². The molecule has 16 heavy (non-hydrogen) atoms. The highest BCUT2D eigenvalue weighted by atomic mass is 16.5. The first-order valence-electron chi connectivity index (χ1n) is 4.68. The number of anilines is 2. The van der Waals surface area contributed by atoms with E-state index >= 15 is 0 Å². The van der Waals surface area contributed by atoms with Gasteiger partial charge in [0.2, 0.25) is 11.8 Å². The summed E-state index contributed by atoms with van der Waals surface area (Å²) in [5.74, 6) is 2.01. The molecule has 0 radical (unpaired) electrons. The van der Waals surface area contributed by atoms with Crippen LogP contribution in [-0.4, -0.2) is 27.0 Å². The molecule has 0 saturated heterocycles. The fourth-order valence-electron chi connectivity index (χ4n) is 1.21. The van der Waals surface area contributed by atoms with Crippen LogP contribution in [0, 0.1) is 0 Å². The first-order chi connectivity index (χ1) is 7.78. The van der Waals surface area contributed by atoms with Crippen molar-refractivity contribution in [2.45, 2.75) is 6.54 Å². The number of methoxy groups -OCH3 is 1. The van der Waals surface area contributed by atoms with Crippen LogP contribution in [0.5, 0.6) is 5.88 Å². The zero-order valence-corrected chi connectivity index (χ0v) is 8.77. The molecule has 0 unspecified atom stereocenters. The predicted molar refractivity (Wildman–Crippen MR) is 58.9 cm³/mol. The number of nitrogens with one attached hydrogen (secondary N) is 2. The molecule has 4 N–H and O–H groups in total. The lowest BCUT2D eigenvalue weighted by molar-refractivity contribution is 0.398. The molecule has 2 rings (SSSR count). The van der Waals surface area contributed by atoms with E-state index in [-0.39, 0.29) is 5.95 Å². The molecule has 2 heterocycles. The molecule has 0 fully saturated rings. The molecule has 0 aliphatic rings. The summed E-state index contributed by atoms with van der Waals surface area (Å²) in [5.41, 5.74) is 5.52. The molecular formula is C9H12N6O. The van der Waals surface area contributed by atoms with Crippen molar-refractivity contribution in [3.05, 3.63) is 24.3 Å². The Morgan fingerprint density at radius 1 is 1.50 bits per heavy atom. The van der Waals surface area contributed by atoms with Crippen molar-refractivity contribution >= 4 is 11.8 Å². The third kappa shape index (κ3) is 2.38. The Morgan fingerprint density at radius 2 is 2.38 bits per heavy atom. The van der Waals surface area contributed by atoms with Gasteiger partial charge < -0.3 is 20.8 Å². The second-order valence-corrected chi connectivity index (χ2v) is 3.04. The second kappa shape index (κ2) is 4.47. The number of hydrogen-bond acceptors (Lipinski definition) is 6. The molecule has 0 spiro atoms. The minimum absolute atomic E-state index is 0.168. The van der Waals surface area contributed by atoms with Crippen molar-refractivity contribution in [2.75, 3.05) is 18.2 Å². The normalized spacial score (nSPS) is 10.1. The number of rotatable bonds is 4. The average Bonchev–Trinajstić information content (AvgIpc) is 2.78. The van der Waals surface area contributed by atoms with Gasteiger partial charge >= 0.3 is 0 Å². The Balaban J connectivity index is 2.06. The van der Waals surface area contributed by atoms with E-state index in [1.165, 1.54) is 7.11 Å². The SMILES string of the molecule is COc1cc(NCc2ncc[nH]2)nc(N)n1. The van der Waals surface area contributed by atoms with Crippen molar-refractivity contribution in [1.82, 2.24) is 19.9 Å². The topological polar surface area (TPSA) is 102 Å². The van der Waals surface area contributed by atoms with Crippen LogP contribution in [0.15, 0.2) is 18.5 Å². The molecular weight excluding hydrogens is 208 g/mol. The van der Waals surface area contributed by atoms with Gasteiger partial charge in [0.15, 0.2) is 0 Å². The van der Waals surface area contributed by atoms with Crippen LogP contribution >= 0.6 is 0 Å². The van der Waals surface area contributed by atoms with Crippen molar-refractivity contribution < 1.29 is 4.74 Å². The zero-order chi connectivity index (χ0) is 11.4. The van der Waals surface area contributed by atoms with Crippen LogP contribution < -0.4 is 15.8 Å². The molecule has 0 atom stereocenters. The monoisotopic (exact) mass is 220 g/mol. The Hall–Kier alpha value is -2.31. The molecule has 0 aromatic carbocycles. The summed E-state index contributed by atoms with van der Waals surface area (Å²) in [7, 11) is 1.53. The summed E-state index contributed by atoms with van der Waals surface area (Å²) < 4.78 is 4.98. The lowest BCUT2D eigenvalue weighted by Crippen LogP contribution is -2.06. The van der Waals surface area contributed by atoms with E-state index in [4.69, 9.17) is 10.5 Å². The van der Waals surface area contributed by atoms with Crippen LogP contribution in [0.2, 0.25) is 0 Å². The highest BCUT2D eigenvalue weighted by Gasteiger charge is 2.02. The summed E-state index contributed by atoms with van der Waals surface area (Å²) in [6, 6.07) is 1.67. The first kappa shape index (κ1) is 10.2. The number of imidazole rings is 1. The highest BCUT2D eigenvalue weighted by molar-refractivity contribution is 5.42. The van der Waals surface area contributed by atoms with Gasteiger partial charge in [-0.15, -0.1) is 0 Å². The van der Waals surface area contributed by atoms with E-state index in [1.54, 1.807) is 18.5 Å². The molecule has 0 aliphatic carbocycles.